The van der Waals surface area contributed by atoms with Crippen LogP contribution in [0.5, 0.6) is 0 Å². The molecule has 7 heteroatoms. The summed E-state index contributed by atoms with van der Waals surface area (Å²) in [5.74, 6) is -0.427. The Morgan fingerprint density at radius 3 is 2.50 bits per heavy atom. The number of amides is 2. The van der Waals surface area contributed by atoms with E-state index in [2.05, 4.69) is 21.2 Å². The number of nitrogens with one attached hydrogen (secondary N) is 1. The first-order valence-corrected chi connectivity index (χ1v) is 8.46. The number of hydrogen-bond acceptors (Lipinski definition) is 3. The number of nitrogens with zero attached hydrogens (tertiary/aromatic N) is 1. The first kappa shape index (κ1) is 17.0. The van der Waals surface area contributed by atoms with Crippen LogP contribution >= 0.6 is 38.9 Å². The van der Waals surface area contributed by atoms with E-state index in [9.17, 15) is 9.59 Å². The lowest BCUT2D eigenvalue weighted by atomic mass is 10.2. The topological polar surface area (TPSA) is 49.4 Å². The highest BCUT2D eigenvalue weighted by molar-refractivity contribution is 9.10. The van der Waals surface area contributed by atoms with Gasteiger partial charge in [0.1, 0.15) is 0 Å². The average molecular weight is 402 g/mol. The third-order valence-electron chi connectivity index (χ3n) is 2.95. The molecule has 0 radical (unpaired) electrons. The predicted octanol–water partition coefficient (Wildman–Crippen LogP) is 3.55. The highest BCUT2D eigenvalue weighted by Crippen LogP contribution is 2.22. The molecule has 4 nitrogen and oxygen atoms in total. The van der Waals surface area contributed by atoms with E-state index in [0.29, 0.717) is 16.4 Å². The van der Waals surface area contributed by atoms with Crippen molar-refractivity contribution in [2.75, 3.05) is 13.6 Å². The minimum Gasteiger partial charge on any atom is -0.343 e. The Morgan fingerprint density at radius 1 is 1.23 bits per heavy atom. The van der Waals surface area contributed by atoms with Gasteiger partial charge in [0, 0.05) is 22.0 Å². The van der Waals surface area contributed by atoms with Gasteiger partial charge in [-0.2, -0.15) is 0 Å². The van der Waals surface area contributed by atoms with Crippen molar-refractivity contribution in [2.24, 2.45) is 0 Å². The minimum absolute atomic E-state index is 0.0372. The summed E-state index contributed by atoms with van der Waals surface area (Å²) in [6, 6.07) is 10.6. The molecule has 0 unspecified atom stereocenters. The van der Waals surface area contributed by atoms with E-state index >= 15 is 0 Å². The smallest absolute Gasteiger partial charge is 0.251 e. The van der Waals surface area contributed by atoms with E-state index in [4.69, 9.17) is 11.6 Å². The molecule has 2 aromatic rings. The van der Waals surface area contributed by atoms with Crippen LogP contribution in [0.1, 0.15) is 15.2 Å². The quantitative estimate of drug-likeness (QED) is 0.833. The lowest BCUT2D eigenvalue weighted by Crippen LogP contribution is -2.37. The molecule has 116 valence electrons. The van der Waals surface area contributed by atoms with Gasteiger partial charge in [-0.3, -0.25) is 9.59 Å². The van der Waals surface area contributed by atoms with Crippen LogP contribution in [0.4, 0.5) is 0 Å². The second-order valence-electron chi connectivity index (χ2n) is 4.65. The third kappa shape index (κ3) is 4.83. The fraction of sp³-hybridized carbons (Fsp3) is 0.200. The van der Waals surface area contributed by atoms with Gasteiger partial charge >= 0.3 is 0 Å². The zero-order valence-electron chi connectivity index (χ0n) is 11.8. The maximum atomic E-state index is 12.0. The molecular formula is C15H14BrClN2O2S. The lowest BCUT2D eigenvalue weighted by molar-refractivity contribution is -0.129. The highest BCUT2D eigenvalue weighted by atomic mass is 79.9. The van der Waals surface area contributed by atoms with Gasteiger partial charge in [0.25, 0.3) is 5.91 Å². The van der Waals surface area contributed by atoms with Crippen molar-refractivity contribution in [2.45, 2.75) is 6.54 Å². The van der Waals surface area contributed by atoms with E-state index < -0.39 is 0 Å². The first-order chi connectivity index (χ1) is 10.5. The number of benzene rings is 1. The molecule has 1 N–H and O–H groups in total. The summed E-state index contributed by atoms with van der Waals surface area (Å²) in [6.45, 7) is 0.439. The van der Waals surface area contributed by atoms with Gasteiger partial charge in [0.05, 0.1) is 17.4 Å². The lowest BCUT2D eigenvalue weighted by Gasteiger charge is -2.16. The molecular weight excluding hydrogens is 388 g/mol. The summed E-state index contributed by atoms with van der Waals surface area (Å²) >= 11 is 10.6. The van der Waals surface area contributed by atoms with Crippen molar-refractivity contribution < 1.29 is 9.59 Å². The van der Waals surface area contributed by atoms with E-state index in [1.165, 1.54) is 11.3 Å². The Morgan fingerprint density at radius 2 is 1.91 bits per heavy atom. The van der Waals surface area contributed by atoms with Gasteiger partial charge in [-0.05, 0) is 36.4 Å². The van der Waals surface area contributed by atoms with Gasteiger partial charge in [0.2, 0.25) is 5.91 Å². The summed E-state index contributed by atoms with van der Waals surface area (Å²) in [6.07, 6.45) is 0. The first-order valence-electron chi connectivity index (χ1n) is 6.47. The van der Waals surface area contributed by atoms with Gasteiger partial charge in [0.15, 0.2) is 0 Å². The number of carbonyl (C=O) groups excluding carboxylic acids is 2. The fourth-order valence-corrected chi connectivity index (χ4v) is 3.16. The predicted molar refractivity (Wildman–Crippen MR) is 92.3 cm³/mol. The van der Waals surface area contributed by atoms with Crippen molar-refractivity contribution in [3.63, 3.8) is 0 Å². The largest absolute Gasteiger partial charge is 0.343 e. The number of rotatable bonds is 5. The summed E-state index contributed by atoms with van der Waals surface area (Å²) in [7, 11) is 1.70. The van der Waals surface area contributed by atoms with Gasteiger partial charge < -0.3 is 10.2 Å². The number of thiophene rings is 1. The Bertz CT molecular complexity index is 672. The highest BCUT2D eigenvalue weighted by Gasteiger charge is 2.12. The van der Waals surface area contributed by atoms with Gasteiger partial charge in [-0.1, -0.05) is 27.5 Å². The number of halogens is 2. The molecule has 0 saturated carbocycles. The molecule has 0 aliphatic heterocycles. The molecule has 1 aromatic carbocycles. The van der Waals surface area contributed by atoms with Gasteiger partial charge in [-0.15, -0.1) is 11.3 Å². The molecule has 1 aromatic heterocycles. The normalized spacial score (nSPS) is 10.3. The summed E-state index contributed by atoms with van der Waals surface area (Å²) in [5.41, 5.74) is 0.517. The van der Waals surface area contributed by atoms with Crippen molar-refractivity contribution in [3.8, 4) is 0 Å². The Labute approximate surface area is 146 Å². The second-order valence-corrected chi connectivity index (χ2v) is 7.36. The van der Waals surface area contributed by atoms with E-state index in [-0.39, 0.29) is 18.4 Å². The molecule has 0 aliphatic rings. The molecule has 0 aliphatic carbocycles. The Balaban J connectivity index is 1.83. The van der Waals surface area contributed by atoms with Crippen LogP contribution in [-0.4, -0.2) is 30.3 Å². The Kier molecular flexibility index (Phi) is 5.99. The summed E-state index contributed by atoms with van der Waals surface area (Å²) in [4.78, 5) is 26.5. The molecule has 0 bridgehead atoms. The number of hydrogen-bond donors (Lipinski definition) is 1. The van der Waals surface area contributed by atoms with Crippen LogP contribution < -0.4 is 5.32 Å². The number of likely N-dealkylation sites (N-methyl/N-ethyl adjacent to an activating group) is 1. The van der Waals surface area contributed by atoms with Crippen LogP contribution in [0.25, 0.3) is 0 Å². The van der Waals surface area contributed by atoms with Crippen LogP contribution in [0, 0.1) is 0 Å². The van der Waals surface area contributed by atoms with Crippen molar-refractivity contribution in [1.29, 1.82) is 0 Å². The zero-order chi connectivity index (χ0) is 16.1. The molecule has 0 fully saturated rings. The maximum Gasteiger partial charge on any atom is 0.251 e. The minimum atomic E-state index is -0.270. The zero-order valence-corrected chi connectivity index (χ0v) is 15.0. The van der Waals surface area contributed by atoms with Crippen molar-refractivity contribution in [1.82, 2.24) is 10.2 Å². The third-order valence-corrected chi connectivity index (χ3v) is 4.70. The number of carbonyl (C=O) groups is 2. The second kappa shape index (κ2) is 7.76. The fourth-order valence-electron chi connectivity index (χ4n) is 1.75. The van der Waals surface area contributed by atoms with Crippen molar-refractivity contribution in [3.05, 3.63) is 55.6 Å². The van der Waals surface area contributed by atoms with E-state index in [1.807, 2.05) is 6.07 Å². The molecule has 2 rings (SSSR count). The van der Waals surface area contributed by atoms with Crippen LogP contribution in [0.3, 0.4) is 0 Å². The van der Waals surface area contributed by atoms with Crippen LogP contribution in [0.2, 0.25) is 4.34 Å². The maximum absolute atomic E-state index is 12.0. The standard InChI is InChI=1S/C15H14BrClN2O2S/c1-19(9-12-6-7-13(17)22-12)14(20)8-18-15(21)10-2-4-11(16)5-3-10/h2-7H,8-9H2,1H3,(H,18,21). The molecule has 22 heavy (non-hydrogen) atoms. The Hall–Kier alpha value is -1.37. The van der Waals surface area contributed by atoms with Gasteiger partial charge in [-0.25, -0.2) is 0 Å². The van der Waals surface area contributed by atoms with E-state index in [1.54, 1.807) is 42.3 Å². The summed E-state index contributed by atoms with van der Waals surface area (Å²) < 4.78 is 1.59. The monoisotopic (exact) mass is 400 g/mol. The van der Waals surface area contributed by atoms with E-state index in [0.717, 1.165) is 9.35 Å². The molecule has 1 heterocycles. The average Bonchev–Trinajstić information content (AvgIpc) is 2.90. The SMILES string of the molecule is CN(Cc1ccc(Cl)s1)C(=O)CNC(=O)c1ccc(Br)cc1. The molecule has 0 saturated heterocycles. The summed E-state index contributed by atoms with van der Waals surface area (Å²) in [5, 5.41) is 2.62. The van der Waals surface area contributed by atoms with Crippen LogP contribution in [-0.2, 0) is 11.3 Å². The molecule has 0 atom stereocenters. The molecule has 0 spiro atoms. The van der Waals surface area contributed by atoms with Crippen molar-refractivity contribution >= 4 is 50.7 Å². The molecule has 2 amide bonds. The van der Waals surface area contributed by atoms with Crippen LogP contribution in [0.15, 0.2) is 40.9 Å².